The van der Waals surface area contributed by atoms with Crippen LogP contribution in [0, 0.1) is 10.1 Å². The molecule has 0 aliphatic rings. The highest BCUT2D eigenvalue weighted by atomic mass is 35.5. The van der Waals surface area contributed by atoms with Crippen LogP contribution in [0.4, 0.5) is 5.69 Å². The average Bonchev–Trinajstić information content (AvgIpc) is 2.62. The molecule has 25 heavy (non-hydrogen) atoms. The first-order chi connectivity index (χ1) is 12.0. The summed E-state index contributed by atoms with van der Waals surface area (Å²) in [5, 5.41) is 15.4. The van der Waals surface area contributed by atoms with Gasteiger partial charge in [-0.3, -0.25) is 14.9 Å². The summed E-state index contributed by atoms with van der Waals surface area (Å²) in [4.78, 5) is 22.2. The van der Waals surface area contributed by atoms with Crippen LogP contribution in [0.2, 0.25) is 5.02 Å². The van der Waals surface area contributed by atoms with Crippen LogP contribution in [-0.4, -0.2) is 23.1 Å². The van der Waals surface area contributed by atoms with Crippen LogP contribution < -0.4 is 10.2 Å². The molecule has 0 aliphatic carbocycles. The Bertz CT molecular complexity index is 791. The Morgan fingerprint density at radius 3 is 2.64 bits per heavy atom. The van der Waals surface area contributed by atoms with E-state index in [2.05, 4.69) is 10.5 Å². The highest BCUT2D eigenvalue weighted by molar-refractivity contribution is 6.30. The molecule has 0 saturated heterocycles. The van der Waals surface area contributed by atoms with Gasteiger partial charge in [0.25, 0.3) is 11.6 Å². The molecule has 2 aromatic carbocycles. The molecule has 0 atom stereocenters. The van der Waals surface area contributed by atoms with Gasteiger partial charge in [0.05, 0.1) is 10.6 Å². The molecule has 8 heteroatoms. The third kappa shape index (κ3) is 5.58. The number of non-ortho nitro benzene ring substituents is 1. The first-order valence-corrected chi connectivity index (χ1v) is 7.86. The summed E-state index contributed by atoms with van der Waals surface area (Å²) in [5.74, 6) is 0.0734. The Morgan fingerprint density at radius 1 is 1.28 bits per heavy atom. The predicted octanol–water partition coefficient (Wildman–Crippen LogP) is 3.56. The van der Waals surface area contributed by atoms with Crippen molar-refractivity contribution >= 4 is 28.9 Å². The van der Waals surface area contributed by atoms with Gasteiger partial charge >= 0.3 is 0 Å². The maximum atomic E-state index is 11.8. The summed E-state index contributed by atoms with van der Waals surface area (Å²) in [5.41, 5.74) is 3.47. The molecule has 0 heterocycles. The fraction of sp³-hybridized carbons (Fsp3) is 0.176. The van der Waals surface area contributed by atoms with E-state index in [1.165, 1.54) is 12.1 Å². The summed E-state index contributed by atoms with van der Waals surface area (Å²) in [7, 11) is 0. The van der Waals surface area contributed by atoms with Crippen molar-refractivity contribution < 1.29 is 14.5 Å². The van der Waals surface area contributed by atoms with Crippen molar-refractivity contribution in [3.63, 3.8) is 0 Å². The van der Waals surface area contributed by atoms with Crippen molar-refractivity contribution in [2.24, 2.45) is 5.10 Å². The van der Waals surface area contributed by atoms with Gasteiger partial charge in [0.2, 0.25) is 0 Å². The van der Waals surface area contributed by atoms with Gasteiger partial charge in [-0.1, -0.05) is 30.7 Å². The van der Waals surface area contributed by atoms with Crippen molar-refractivity contribution in [1.29, 1.82) is 0 Å². The lowest BCUT2D eigenvalue weighted by molar-refractivity contribution is -0.384. The van der Waals surface area contributed by atoms with Crippen molar-refractivity contribution in [3.8, 4) is 5.75 Å². The molecule has 0 bridgehead atoms. The summed E-state index contributed by atoms with van der Waals surface area (Å²) < 4.78 is 5.32. The Balaban J connectivity index is 1.97. The molecule has 2 rings (SSSR count). The number of nitrogens with one attached hydrogen (secondary N) is 1. The van der Waals surface area contributed by atoms with Gasteiger partial charge in [-0.15, -0.1) is 0 Å². The Labute approximate surface area is 149 Å². The summed E-state index contributed by atoms with van der Waals surface area (Å²) >= 11 is 5.77. The Kier molecular flexibility index (Phi) is 6.47. The zero-order chi connectivity index (χ0) is 18.2. The molecule has 0 fully saturated rings. The standard InChI is InChI=1S/C17H16ClN3O4/c1-2-16(12-4-3-5-14(10-12)21(23)24)19-20-17(22)11-25-15-8-6-13(18)7-9-15/h3-10H,2,11H2,1H3,(H,20,22)/b19-16+. The fourth-order valence-corrected chi connectivity index (χ4v) is 2.11. The second-order valence-electron chi connectivity index (χ2n) is 5.00. The van der Waals surface area contributed by atoms with Crippen LogP contribution >= 0.6 is 11.6 Å². The minimum atomic E-state index is -0.477. The Hall–Kier alpha value is -2.93. The molecule has 0 radical (unpaired) electrons. The first kappa shape index (κ1) is 18.4. The van der Waals surface area contributed by atoms with E-state index < -0.39 is 10.8 Å². The van der Waals surface area contributed by atoms with Crippen LogP contribution in [0.1, 0.15) is 18.9 Å². The summed E-state index contributed by atoms with van der Waals surface area (Å²) in [6.07, 6.45) is 0.499. The van der Waals surface area contributed by atoms with Crippen molar-refractivity contribution in [2.45, 2.75) is 13.3 Å². The van der Waals surface area contributed by atoms with E-state index in [9.17, 15) is 14.9 Å². The van der Waals surface area contributed by atoms with E-state index in [0.717, 1.165) is 0 Å². The zero-order valence-electron chi connectivity index (χ0n) is 13.4. The molecule has 0 aliphatic heterocycles. The van der Waals surface area contributed by atoms with Crippen LogP contribution in [-0.2, 0) is 4.79 Å². The Morgan fingerprint density at radius 2 is 2.00 bits per heavy atom. The lowest BCUT2D eigenvalue weighted by Crippen LogP contribution is -2.26. The zero-order valence-corrected chi connectivity index (χ0v) is 14.2. The highest BCUT2D eigenvalue weighted by Gasteiger charge is 2.10. The monoisotopic (exact) mass is 361 g/mol. The van der Waals surface area contributed by atoms with Gasteiger partial charge in [-0.25, -0.2) is 5.43 Å². The van der Waals surface area contributed by atoms with Crippen LogP contribution in [0.25, 0.3) is 0 Å². The molecule has 0 saturated carbocycles. The number of carbonyl (C=O) groups is 1. The third-order valence-corrected chi connectivity index (χ3v) is 3.48. The maximum absolute atomic E-state index is 11.8. The highest BCUT2D eigenvalue weighted by Crippen LogP contribution is 2.16. The first-order valence-electron chi connectivity index (χ1n) is 7.48. The van der Waals surface area contributed by atoms with Gasteiger partial charge in [-0.05, 0) is 30.7 Å². The smallest absolute Gasteiger partial charge is 0.277 e. The van der Waals surface area contributed by atoms with Gasteiger partial charge in [-0.2, -0.15) is 5.10 Å². The molecular formula is C17H16ClN3O4. The molecule has 2 aromatic rings. The number of carbonyl (C=O) groups excluding carboxylic acids is 1. The van der Waals surface area contributed by atoms with Gasteiger partial charge in [0.15, 0.2) is 6.61 Å². The van der Waals surface area contributed by atoms with Crippen LogP contribution in [0.5, 0.6) is 5.75 Å². The molecular weight excluding hydrogens is 346 g/mol. The number of ether oxygens (including phenoxy) is 1. The number of halogens is 1. The van der Waals surface area contributed by atoms with Gasteiger partial charge in [0, 0.05) is 22.7 Å². The van der Waals surface area contributed by atoms with E-state index in [4.69, 9.17) is 16.3 Å². The average molecular weight is 362 g/mol. The number of benzene rings is 2. The summed E-state index contributed by atoms with van der Waals surface area (Å²) in [6.45, 7) is 1.63. The SMILES string of the molecule is CC/C(=N\NC(=O)COc1ccc(Cl)cc1)c1cccc([N+](=O)[O-])c1. The normalized spacial score (nSPS) is 11.0. The molecule has 1 amide bonds. The topological polar surface area (TPSA) is 93.8 Å². The van der Waals surface area contributed by atoms with E-state index in [-0.39, 0.29) is 12.3 Å². The molecule has 0 spiro atoms. The number of hydrogen-bond acceptors (Lipinski definition) is 5. The molecule has 0 aromatic heterocycles. The van der Waals surface area contributed by atoms with Gasteiger partial charge < -0.3 is 4.74 Å². The van der Waals surface area contributed by atoms with Crippen molar-refractivity contribution in [3.05, 3.63) is 69.2 Å². The quantitative estimate of drug-likeness (QED) is 0.463. The maximum Gasteiger partial charge on any atom is 0.277 e. The molecule has 1 N–H and O–H groups in total. The number of hydrogen-bond donors (Lipinski definition) is 1. The lowest BCUT2D eigenvalue weighted by atomic mass is 10.1. The second-order valence-corrected chi connectivity index (χ2v) is 5.43. The number of nitro groups is 1. The van der Waals surface area contributed by atoms with E-state index in [0.29, 0.717) is 28.5 Å². The van der Waals surface area contributed by atoms with E-state index >= 15 is 0 Å². The number of nitrogens with zero attached hydrogens (tertiary/aromatic N) is 2. The van der Waals surface area contributed by atoms with Crippen LogP contribution in [0.3, 0.4) is 0 Å². The second kappa shape index (κ2) is 8.79. The molecule has 130 valence electrons. The van der Waals surface area contributed by atoms with Gasteiger partial charge in [0.1, 0.15) is 5.75 Å². The van der Waals surface area contributed by atoms with E-state index in [1.54, 1.807) is 36.4 Å². The number of hydrazone groups is 1. The lowest BCUT2D eigenvalue weighted by Gasteiger charge is -2.07. The van der Waals surface area contributed by atoms with E-state index in [1.807, 2.05) is 6.92 Å². The molecule has 7 nitrogen and oxygen atoms in total. The summed E-state index contributed by atoms with van der Waals surface area (Å²) in [6, 6.07) is 12.7. The third-order valence-electron chi connectivity index (χ3n) is 3.22. The number of rotatable bonds is 7. The van der Waals surface area contributed by atoms with Crippen molar-refractivity contribution in [2.75, 3.05) is 6.61 Å². The molecule has 0 unspecified atom stereocenters. The predicted molar refractivity (Wildman–Crippen MR) is 95.0 cm³/mol. The minimum Gasteiger partial charge on any atom is -0.484 e. The fourth-order valence-electron chi connectivity index (χ4n) is 1.99. The number of amides is 1. The number of nitro benzene ring substituents is 1. The van der Waals surface area contributed by atoms with Crippen molar-refractivity contribution in [1.82, 2.24) is 5.43 Å². The largest absolute Gasteiger partial charge is 0.484 e. The van der Waals surface area contributed by atoms with Crippen LogP contribution in [0.15, 0.2) is 53.6 Å². The minimum absolute atomic E-state index is 0.0314.